The van der Waals surface area contributed by atoms with E-state index in [-0.39, 0.29) is 12.1 Å². The number of esters is 1. The third-order valence-electron chi connectivity index (χ3n) is 2.94. The van der Waals surface area contributed by atoms with Crippen molar-refractivity contribution in [2.75, 3.05) is 12.4 Å². The number of hydrogen-bond acceptors (Lipinski definition) is 7. The van der Waals surface area contributed by atoms with Crippen molar-refractivity contribution in [2.45, 2.75) is 27.6 Å². The fraction of sp³-hybridized carbons (Fsp3) is 0.417. The molecule has 1 unspecified atom stereocenters. The van der Waals surface area contributed by atoms with Crippen molar-refractivity contribution in [3.05, 3.63) is 28.3 Å². The Labute approximate surface area is 159 Å². The highest BCUT2D eigenvalue weighted by Crippen LogP contribution is 2.32. The highest BCUT2D eigenvalue weighted by atomic mass is 32.2. The number of ether oxygens (including phenoxy) is 1. The van der Waals surface area contributed by atoms with Gasteiger partial charge in [-0.3, -0.25) is 14.9 Å². The summed E-state index contributed by atoms with van der Waals surface area (Å²) in [5.74, 6) is -8.56. The topological polar surface area (TPSA) is 121 Å². The molecule has 0 N–H and O–H groups in total. The Morgan fingerprint density at radius 2 is 1.76 bits per heavy atom. The quantitative estimate of drug-likeness (QED) is 0.245. The molecule has 1 atom stereocenters. The standard InChI is InChI=1S/C12H8F7NO7S2/c13-10(14)11(15,16)5-27-9(21)4-29(25,26)8-2-1-6(3-7(8)20(22)23)28(24)12(17,18)19/h1-3,10H,4-5H2. The SMILES string of the molecule is O=C(CS(=O)(=O)c1ccc(S(=O)C(F)(F)F)cc1[N+](=O)[O-])OCC(F)(F)C(F)F. The first-order valence-electron chi connectivity index (χ1n) is 6.80. The van der Waals surface area contributed by atoms with Gasteiger partial charge in [0.2, 0.25) is 0 Å². The van der Waals surface area contributed by atoms with E-state index < -0.39 is 77.2 Å². The first-order chi connectivity index (χ1) is 13.0. The van der Waals surface area contributed by atoms with Gasteiger partial charge in [0.1, 0.15) is 4.90 Å². The lowest BCUT2D eigenvalue weighted by molar-refractivity contribution is -0.388. The highest BCUT2D eigenvalue weighted by molar-refractivity contribution is 7.92. The maximum absolute atomic E-state index is 12.7. The Balaban J connectivity index is 3.16. The first kappa shape index (κ1) is 24.7. The van der Waals surface area contributed by atoms with Gasteiger partial charge < -0.3 is 4.74 Å². The van der Waals surface area contributed by atoms with E-state index >= 15 is 0 Å². The Bertz CT molecular complexity index is 931. The van der Waals surface area contributed by atoms with E-state index in [9.17, 15) is 58.3 Å². The van der Waals surface area contributed by atoms with Crippen molar-refractivity contribution in [2.24, 2.45) is 0 Å². The highest BCUT2D eigenvalue weighted by Gasteiger charge is 2.43. The number of benzene rings is 1. The molecule has 1 rings (SSSR count). The summed E-state index contributed by atoms with van der Waals surface area (Å²) in [5, 5.41) is 11.0. The number of carbonyl (C=O) groups excluding carboxylic acids is 1. The van der Waals surface area contributed by atoms with Gasteiger partial charge in [-0.25, -0.2) is 21.4 Å². The van der Waals surface area contributed by atoms with E-state index in [0.717, 1.165) is 0 Å². The van der Waals surface area contributed by atoms with Crippen LogP contribution >= 0.6 is 0 Å². The summed E-state index contributed by atoms with van der Waals surface area (Å²) in [6.45, 7) is -2.18. The Hall–Kier alpha value is -2.30. The van der Waals surface area contributed by atoms with Gasteiger partial charge in [0.25, 0.3) is 5.69 Å². The van der Waals surface area contributed by atoms with Crippen molar-refractivity contribution in [3.63, 3.8) is 0 Å². The van der Waals surface area contributed by atoms with Gasteiger partial charge in [-0.1, -0.05) is 0 Å². The largest absolute Gasteiger partial charge is 0.475 e. The maximum atomic E-state index is 12.7. The zero-order valence-corrected chi connectivity index (χ0v) is 15.1. The molecule has 0 aliphatic heterocycles. The number of halogens is 7. The fourth-order valence-electron chi connectivity index (χ4n) is 1.67. The minimum Gasteiger partial charge on any atom is -0.458 e. The summed E-state index contributed by atoms with van der Waals surface area (Å²) in [6.07, 6.45) is -4.23. The Morgan fingerprint density at radius 1 is 1.21 bits per heavy atom. The second kappa shape index (κ2) is 8.60. The third-order valence-corrected chi connectivity index (χ3v) is 5.67. The fourth-order valence-corrected chi connectivity index (χ4v) is 3.62. The molecule has 1 aromatic carbocycles. The van der Waals surface area contributed by atoms with Gasteiger partial charge in [-0.2, -0.15) is 22.0 Å². The third kappa shape index (κ3) is 6.34. The van der Waals surface area contributed by atoms with Crippen LogP contribution < -0.4 is 0 Å². The van der Waals surface area contributed by atoms with Crippen LogP contribution in [0.1, 0.15) is 0 Å². The molecule has 0 saturated heterocycles. The average Bonchev–Trinajstić information content (AvgIpc) is 2.57. The van der Waals surface area contributed by atoms with Crippen molar-refractivity contribution in [3.8, 4) is 0 Å². The molecule has 1 aromatic rings. The molecular weight excluding hydrogens is 467 g/mol. The van der Waals surface area contributed by atoms with Crippen LogP contribution in [0.25, 0.3) is 0 Å². The summed E-state index contributed by atoms with van der Waals surface area (Å²) in [6, 6.07) is 0.639. The summed E-state index contributed by atoms with van der Waals surface area (Å²) in [7, 11) is -8.77. The molecular formula is C12H8F7NO7S2. The normalized spacial score (nSPS) is 13.9. The second-order valence-electron chi connectivity index (χ2n) is 5.08. The maximum Gasteiger partial charge on any atom is 0.475 e. The number of nitrogens with zero attached hydrogens (tertiary/aromatic N) is 1. The van der Waals surface area contributed by atoms with Crippen LogP contribution in [-0.2, 0) is 30.2 Å². The predicted molar refractivity (Wildman–Crippen MR) is 79.5 cm³/mol. The van der Waals surface area contributed by atoms with E-state index in [1.54, 1.807) is 0 Å². The molecule has 8 nitrogen and oxygen atoms in total. The van der Waals surface area contributed by atoms with Crippen LogP contribution in [0, 0.1) is 10.1 Å². The number of sulfone groups is 1. The van der Waals surface area contributed by atoms with Crippen molar-refractivity contribution >= 4 is 32.3 Å². The molecule has 29 heavy (non-hydrogen) atoms. The minimum atomic E-state index is -5.31. The molecule has 0 saturated carbocycles. The van der Waals surface area contributed by atoms with Crippen LogP contribution in [0.4, 0.5) is 36.4 Å². The van der Waals surface area contributed by atoms with Crippen LogP contribution in [0.2, 0.25) is 0 Å². The van der Waals surface area contributed by atoms with Gasteiger partial charge in [-0.05, 0) is 12.1 Å². The molecule has 0 aliphatic rings. The van der Waals surface area contributed by atoms with E-state index in [1.165, 1.54) is 0 Å². The van der Waals surface area contributed by atoms with Crippen LogP contribution in [0.3, 0.4) is 0 Å². The molecule has 0 radical (unpaired) electrons. The van der Waals surface area contributed by atoms with Crippen LogP contribution in [0.15, 0.2) is 28.0 Å². The molecule has 0 fully saturated rings. The van der Waals surface area contributed by atoms with Crippen LogP contribution in [0.5, 0.6) is 0 Å². The zero-order chi connectivity index (χ0) is 22.8. The lowest BCUT2D eigenvalue weighted by Gasteiger charge is -2.15. The van der Waals surface area contributed by atoms with Gasteiger partial charge in [0.15, 0.2) is 33.0 Å². The predicted octanol–water partition coefficient (Wildman–Crippen LogP) is 2.44. The van der Waals surface area contributed by atoms with Crippen molar-refractivity contribution in [1.29, 1.82) is 0 Å². The number of alkyl halides is 7. The Morgan fingerprint density at radius 3 is 2.21 bits per heavy atom. The lowest BCUT2D eigenvalue weighted by Crippen LogP contribution is -2.34. The van der Waals surface area contributed by atoms with Gasteiger partial charge >= 0.3 is 23.8 Å². The molecule has 164 valence electrons. The number of nitro benzene ring substituents is 1. The monoisotopic (exact) mass is 475 g/mol. The smallest absolute Gasteiger partial charge is 0.458 e. The molecule has 17 heteroatoms. The van der Waals surface area contributed by atoms with E-state index in [4.69, 9.17) is 0 Å². The number of rotatable bonds is 8. The van der Waals surface area contributed by atoms with E-state index in [2.05, 4.69) is 4.74 Å². The van der Waals surface area contributed by atoms with Crippen molar-refractivity contribution < 1.29 is 57.8 Å². The van der Waals surface area contributed by atoms with Gasteiger partial charge in [0.05, 0.1) is 9.82 Å². The summed E-state index contributed by atoms with van der Waals surface area (Å²) >= 11 is 0. The zero-order valence-electron chi connectivity index (χ0n) is 13.5. The average molecular weight is 475 g/mol. The lowest BCUT2D eigenvalue weighted by atomic mass is 10.3. The Kier molecular flexibility index (Phi) is 7.34. The summed E-state index contributed by atoms with van der Waals surface area (Å²) < 4.78 is 126. The summed E-state index contributed by atoms with van der Waals surface area (Å²) in [5.41, 5.74) is -6.79. The van der Waals surface area contributed by atoms with E-state index in [0.29, 0.717) is 6.07 Å². The first-order valence-corrected chi connectivity index (χ1v) is 9.60. The molecule has 0 amide bonds. The number of nitro groups is 1. The molecule has 0 spiro atoms. The molecule has 0 aromatic heterocycles. The second-order valence-corrected chi connectivity index (χ2v) is 8.51. The molecule has 0 aliphatic carbocycles. The minimum absolute atomic E-state index is 0.0484. The molecule has 0 bridgehead atoms. The van der Waals surface area contributed by atoms with Gasteiger partial charge in [-0.15, -0.1) is 0 Å². The summed E-state index contributed by atoms with van der Waals surface area (Å²) in [4.78, 5) is 18.4. The van der Waals surface area contributed by atoms with Gasteiger partial charge in [0, 0.05) is 6.07 Å². The molecule has 0 heterocycles. The van der Waals surface area contributed by atoms with Crippen molar-refractivity contribution in [1.82, 2.24) is 0 Å². The van der Waals surface area contributed by atoms with Crippen LogP contribution in [-0.4, -0.2) is 53.7 Å². The van der Waals surface area contributed by atoms with E-state index in [1.807, 2.05) is 0 Å². The number of hydrogen-bond donors (Lipinski definition) is 0. The number of carbonyl (C=O) groups is 1.